The van der Waals surface area contributed by atoms with Crippen LogP contribution in [0.15, 0.2) is 5.38 Å². The Balaban J connectivity index is 2.16. The maximum absolute atomic E-state index is 6.14. The Kier molecular flexibility index (Phi) is 4.76. The Hall–Kier alpha value is -0.450. The maximum atomic E-state index is 6.14. The molecular formula is C14H24N2OS. The number of rotatable bonds is 6. The fourth-order valence-electron chi connectivity index (χ4n) is 2.77. The molecule has 0 spiro atoms. The molecule has 1 saturated carbocycles. The van der Waals surface area contributed by atoms with E-state index in [1.807, 2.05) is 0 Å². The smallest absolute Gasteiger partial charge is 0.125 e. The highest BCUT2D eigenvalue weighted by Crippen LogP contribution is 2.43. The first-order valence-corrected chi connectivity index (χ1v) is 7.95. The molecule has 1 aromatic rings. The Labute approximate surface area is 114 Å². The molecule has 1 aliphatic rings. The highest BCUT2D eigenvalue weighted by Gasteiger charge is 2.39. The second-order valence-corrected chi connectivity index (χ2v) is 5.97. The number of ether oxygens (including phenoxy) is 1. The number of hydrogen-bond acceptors (Lipinski definition) is 4. The van der Waals surface area contributed by atoms with Crippen LogP contribution in [0.4, 0.5) is 0 Å². The zero-order valence-corrected chi connectivity index (χ0v) is 12.3. The number of hydrogen-bond donors (Lipinski definition) is 1. The van der Waals surface area contributed by atoms with Crippen molar-refractivity contribution in [1.82, 2.24) is 4.98 Å². The summed E-state index contributed by atoms with van der Waals surface area (Å²) >= 11 is 1.72. The van der Waals surface area contributed by atoms with Gasteiger partial charge in [-0.3, -0.25) is 0 Å². The van der Waals surface area contributed by atoms with Gasteiger partial charge in [-0.05, 0) is 26.2 Å². The van der Waals surface area contributed by atoms with E-state index in [0.717, 1.165) is 43.0 Å². The zero-order chi connectivity index (χ0) is 13.0. The van der Waals surface area contributed by atoms with Gasteiger partial charge in [-0.1, -0.05) is 26.2 Å². The van der Waals surface area contributed by atoms with Crippen molar-refractivity contribution in [3.63, 3.8) is 0 Å². The second-order valence-electron chi connectivity index (χ2n) is 5.11. The molecule has 2 N–H and O–H groups in total. The predicted octanol–water partition coefficient (Wildman–Crippen LogP) is 3.75. The lowest BCUT2D eigenvalue weighted by atomic mass is 10.0. The SMILES string of the molecule is CCCC(N)c1csc(C2(OCC)CCCC2)n1. The molecule has 18 heavy (non-hydrogen) atoms. The lowest BCUT2D eigenvalue weighted by Crippen LogP contribution is -2.26. The van der Waals surface area contributed by atoms with Crippen molar-refractivity contribution in [2.45, 2.75) is 64.0 Å². The molecule has 0 amide bonds. The van der Waals surface area contributed by atoms with Gasteiger partial charge in [0.15, 0.2) is 0 Å². The minimum absolute atomic E-state index is 0.0834. The topological polar surface area (TPSA) is 48.1 Å². The van der Waals surface area contributed by atoms with Gasteiger partial charge in [0.25, 0.3) is 0 Å². The van der Waals surface area contributed by atoms with Gasteiger partial charge in [-0.15, -0.1) is 11.3 Å². The third-order valence-electron chi connectivity index (χ3n) is 3.72. The summed E-state index contributed by atoms with van der Waals surface area (Å²) in [5.74, 6) is 0. The summed E-state index contributed by atoms with van der Waals surface area (Å²) < 4.78 is 6.04. The van der Waals surface area contributed by atoms with E-state index < -0.39 is 0 Å². The number of nitrogens with zero attached hydrogens (tertiary/aromatic N) is 1. The Morgan fingerprint density at radius 3 is 2.78 bits per heavy atom. The normalized spacial score (nSPS) is 20.2. The monoisotopic (exact) mass is 268 g/mol. The van der Waals surface area contributed by atoms with Crippen LogP contribution in [0.25, 0.3) is 0 Å². The first-order valence-electron chi connectivity index (χ1n) is 7.07. The van der Waals surface area contributed by atoms with E-state index in [1.54, 1.807) is 11.3 Å². The van der Waals surface area contributed by atoms with Crippen molar-refractivity contribution in [3.05, 3.63) is 16.1 Å². The zero-order valence-electron chi connectivity index (χ0n) is 11.4. The summed E-state index contributed by atoms with van der Waals surface area (Å²) in [5, 5.41) is 3.26. The number of thiazole rings is 1. The molecule has 0 radical (unpaired) electrons. The third kappa shape index (κ3) is 2.76. The van der Waals surface area contributed by atoms with Crippen LogP contribution in [-0.2, 0) is 10.3 Å². The fourth-order valence-corrected chi connectivity index (χ4v) is 3.86. The molecule has 1 unspecified atom stereocenters. The van der Waals surface area contributed by atoms with Crippen molar-refractivity contribution in [3.8, 4) is 0 Å². The molecule has 1 aliphatic carbocycles. The minimum Gasteiger partial charge on any atom is -0.368 e. The Morgan fingerprint density at radius 1 is 1.44 bits per heavy atom. The molecule has 1 aromatic heterocycles. The summed E-state index contributed by atoms with van der Waals surface area (Å²) in [6.07, 6.45) is 6.81. The van der Waals surface area contributed by atoms with Crippen molar-refractivity contribution in [2.24, 2.45) is 5.73 Å². The lowest BCUT2D eigenvalue weighted by molar-refractivity contribution is -0.0392. The lowest BCUT2D eigenvalue weighted by Gasteiger charge is -2.26. The van der Waals surface area contributed by atoms with Crippen LogP contribution in [0, 0.1) is 0 Å². The van der Waals surface area contributed by atoms with E-state index in [2.05, 4.69) is 19.2 Å². The first-order chi connectivity index (χ1) is 8.72. The van der Waals surface area contributed by atoms with Crippen LogP contribution in [0.2, 0.25) is 0 Å². The highest BCUT2D eigenvalue weighted by molar-refractivity contribution is 7.09. The maximum Gasteiger partial charge on any atom is 0.125 e. The molecule has 4 heteroatoms. The third-order valence-corrected chi connectivity index (χ3v) is 4.77. The van der Waals surface area contributed by atoms with E-state index in [-0.39, 0.29) is 11.6 Å². The second kappa shape index (κ2) is 6.13. The predicted molar refractivity (Wildman–Crippen MR) is 75.7 cm³/mol. The van der Waals surface area contributed by atoms with Gasteiger partial charge < -0.3 is 10.5 Å². The van der Waals surface area contributed by atoms with Crippen LogP contribution in [0.5, 0.6) is 0 Å². The number of nitrogens with two attached hydrogens (primary N) is 1. The summed E-state index contributed by atoms with van der Waals surface area (Å²) in [7, 11) is 0. The van der Waals surface area contributed by atoms with Gasteiger partial charge in [0.05, 0.1) is 5.69 Å². The van der Waals surface area contributed by atoms with E-state index in [4.69, 9.17) is 15.5 Å². The van der Waals surface area contributed by atoms with Crippen molar-refractivity contribution < 1.29 is 4.74 Å². The molecule has 0 bridgehead atoms. The van der Waals surface area contributed by atoms with Gasteiger partial charge in [0.1, 0.15) is 10.6 Å². The summed E-state index contributed by atoms with van der Waals surface area (Å²) in [4.78, 5) is 4.77. The Morgan fingerprint density at radius 2 is 2.17 bits per heavy atom. The average molecular weight is 268 g/mol. The molecule has 0 saturated heterocycles. The molecule has 1 fully saturated rings. The number of aromatic nitrogens is 1. The molecule has 1 heterocycles. The summed E-state index contributed by atoms with van der Waals surface area (Å²) in [6.45, 7) is 4.99. The van der Waals surface area contributed by atoms with Crippen LogP contribution < -0.4 is 5.73 Å². The fraction of sp³-hybridized carbons (Fsp3) is 0.786. The van der Waals surface area contributed by atoms with E-state index in [1.165, 1.54) is 12.8 Å². The van der Waals surface area contributed by atoms with Crippen molar-refractivity contribution >= 4 is 11.3 Å². The van der Waals surface area contributed by atoms with Crippen LogP contribution in [-0.4, -0.2) is 11.6 Å². The van der Waals surface area contributed by atoms with Crippen molar-refractivity contribution in [1.29, 1.82) is 0 Å². The van der Waals surface area contributed by atoms with Gasteiger partial charge in [-0.25, -0.2) is 4.98 Å². The van der Waals surface area contributed by atoms with Crippen LogP contribution >= 0.6 is 11.3 Å². The first kappa shape index (κ1) is 14.0. The standard InChI is InChI=1S/C14H24N2OS/c1-3-7-11(15)12-10-18-13(16-12)14(17-4-2)8-5-6-9-14/h10-11H,3-9,15H2,1-2H3. The molecular weight excluding hydrogens is 244 g/mol. The van der Waals surface area contributed by atoms with E-state index >= 15 is 0 Å². The quantitative estimate of drug-likeness (QED) is 0.854. The van der Waals surface area contributed by atoms with Crippen LogP contribution in [0.3, 0.4) is 0 Å². The average Bonchev–Trinajstić information content (AvgIpc) is 2.98. The molecule has 1 atom stereocenters. The molecule has 0 aromatic carbocycles. The minimum atomic E-state index is -0.108. The van der Waals surface area contributed by atoms with E-state index in [9.17, 15) is 0 Å². The van der Waals surface area contributed by atoms with Gasteiger partial charge in [0.2, 0.25) is 0 Å². The van der Waals surface area contributed by atoms with E-state index in [0.29, 0.717) is 0 Å². The van der Waals surface area contributed by atoms with Gasteiger partial charge >= 0.3 is 0 Å². The van der Waals surface area contributed by atoms with Crippen LogP contribution in [0.1, 0.15) is 69.1 Å². The molecule has 3 nitrogen and oxygen atoms in total. The summed E-state index contributed by atoms with van der Waals surface area (Å²) in [5.41, 5.74) is 7.07. The molecule has 102 valence electrons. The van der Waals surface area contributed by atoms with Gasteiger partial charge in [0, 0.05) is 18.0 Å². The summed E-state index contributed by atoms with van der Waals surface area (Å²) in [6, 6.07) is 0.0834. The van der Waals surface area contributed by atoms with Gasteiger partial charge in [-0.2, -0.15) is 0 Å². The van der Waals surface area contributed by atoms with Crippen molar-refractivity contribution in [2.75, 3.05) is 6.61 Å². The molecule has 2 rings (SSSR count). The molecule has 0 aliphatic heterocycles. The Bertz CT molecular complexity index is 372. The highest BCUT2D eigenvalue weighted by atomic mass is 32.1. The largest absolute Gasteiger partial charge is 0.368 e.